The highest BCUT2D eigenvalue weighted by molar-refractivity contribution is 6.04. The summed E-state index contributed by atoms with van der Waals surface area (Å²) in [7, 11) is 1.83. The maximum Gasteiger partial charge on any atom is 0.266 e. The molecule has 0 spiro atoms. The van der Waals surface area contributed by atoms with Gasteiger partial charge >= 0.3 is 0 Å². The lowest BCUT2D eigenvalue weighted by Gasteiger charge is -2.28. The van der Waals surface area contributed by atoms with Crippen LogP contribution in [0.15, 0.2) is 29.4 Å². The minimum Gasteiger partial charge on any atom is -0.382 e. The van der Waals surface area contributed by atoms with Crippen molar-refractivity contribution in [3.05, 3.63) is 35.6 Å². The lowest BCUT2D eigenvalue weighted by molar-refractivity contribution is -0.141. The van der Waals surface area contributed by atoms with Gasteiger partial charge in [-0.05, 0) is 30.9 Å². The van der Waals surface area contributed by atoms with E-state index >= 15 is 0 Å². The fourth-order valence-electron chi connectivity index (χ4n) is 3.44. The number of carbonyl (C=O) groups is 1. The second kappa shape index (κ2) is 7.11. The Hall–Kier alpha value is -1.91. The summed E-state index contributed by atoms with van der Waals surface area (Å²) in [6.45, 7) is 0.786. The summed E-state index contributed by atoms with van der Waals surface area (Å²) in [5.74, 6) is 0.253. The van der Waals surface area contributed by atoms with Crippen molar-refractivity contribution in [1.82, 2.24) is 4.90 Å². The highest BCUT2D eigenvalue weighted by atomic mass is 19.1. The summed E-state index contributed by atoms with van der Waals surface area (Å²) < 4.78 is 13.3. The van der Waals surface area contributed by atoms with Crippen molar-refractivity contribution in [2.75, 3.05) is 13.6 Å². The van der Waals surface area contributed by atoms with E-state index in [0.717, 1.165) is 6.54 Å². The van der Waals surface area contributed by atoms with Gasteiger partial charge in [0.05, 0.1) is 5.71 Å². The predicted octanol–water partition coefficient (Wildman–Crippen LogP) is 3.36. The number of hydrogen-bond acceptors (Lipinski definition) is 3. The van der Waals surface area contributed by atoms with Gasteiger partial charge in [0, 0.05) is 25.6 Å². The topological polar surface area (TPSA) is 41.9 Å². The van der Waals surface area contributed by atoms with Gasteiger partial charge in [-0.1, -0.05) is 36.6 Å². The first kappa shape index (κ1) is 16.0. The van der Waals surface area contributed by atoms with Crippen molar-refractivity contribution in [3.63, 3.8) is 0 Å². The Bertz CT molecular complexity index is 596. The lowest BCUT2D eigenvalue weighted by Crippen LogP contribution is -2.39. The lowest BCUT2D eigenvalue weighted by atomic mass is 9.89. The molecule has 5 heteroatoms. The minimum absolute atomic E-state index is 0.0364. The number of likely N-dealkylation sites (N-methyl/N-ethyl adjacent to an activating group) is 1. The fraction of sp³-hybridized carbons (Fsp3) is 0.556. The Morgan fingerprint density at radius 1 is 1.35 bits per heavy atom. The monoisotopic (exact) mass is 318 g/mol. The summed E-state index contributed by atoms with van der Waals surface area (Å²) in [5.41, 5.74) is 1.31. The van der Waals surface area contributed by atoms with Gasteiger partial charge in [-0.3, -0.25) is 4.79 Å². The third kappa shape index (κ3) is 3.89. The molecule has 1 unspecified atom stereocenters. The number of oxime groups is 1. The standard InChI is InChI=1S/C18H23FN2O2/c1-21(12-13-6-3-2-4-7-13)18(22)17-11-16(20-23-17)14-8-5-9-15(19)10-14/h5,8-10,13,17H,2-4,6-7,11-12H2,1H3. The maximum absolute atomic E-state index is 13.3. The van der Waals surface area contributed by atoms with E-state index in [1.54, 1.807) is 17.0 Å². The van der Waals surface area contributed by atoms with Crippen LogP contribution in [0.4, 0.5) is 4.39 Å². The highest BCUT2D eigenvalue weighted by Crippen LogP contribution is 2.25. The molecule has 124 valence electrons. The van der Waals surface area contributed by atoms with Crippen molar-refractivity contribution in [2.45, 2.75) is 44.6 Å². The summed E-state index contributed by atoms with van der Waals surface area (Å²) in [6, 6.07) is 6.22. The Balaban J connectivity index is 1.55. The summed E-state index contributed by atoms with van der Waals surface area (Å²) in [6.07, 6.45) is 6.06. The highest BCUT2D eigenvalue weighted by Gasteiger charge is 2.32. The van der Waals surface area contributed by atoms with Crippen LogP contribution in [-0.4, -0.2) is 36.2 Å². The number of nitrogens with zero attached hydrogens (tertiary/aromatic N) is 2. The zero-order valence-electron chi connectivity index (χ0n) is 13.5. The molecule has 1 amide bonds. The van der Waals surface area contributed by atoms with Gasteiger partial charge in [0.2, 0.25) is 6.10 Å². The van der Waals surface area contributed by atoms with Gasteiger partial charge in [-0.2, -0.15) is 0 Å². The molecule has 4 nitrogen and oxygen atoms in total. The van der Waals surface area contributed by atoms with Crippen LogP contribution in [0.2, 0.25) is 0 Å². The normalized spacial score (nSPS) is 21.7. The van der Waals surface area contributed by atoms with Crippen LogP contribution >= 0.6 is 0 Å². The SMILES string of the molecule is CN(CC1CCCCC1)C(=O)C1CC(c2cccc(F)c2)=NO1. The molecule has 2 aliphatic rings. The van der Waals surface area contributed by atoms with E-state index in [0.29, 0.717) is 23.6 Å². The molecule has 1 heterocycles. The zero-order chi connectivity index (χ0) is 16.2. The van der Waals surface area contributed by atoms with Crippen molar-refractivity contribution < 1.29 is 14.0 Å². The first-order chi connectivity index (χ1) is 11.1. The van der Waals surface area contributed by atoms with Crippen LogP contribution < -0.4 is 0 Å². The molecule has 0 N–H and O–H groups in total. The second-order valence-corrected chi connectivity index (χ2v) is 6.57. The van der Waals surface area contributed by atoms with E-state index in [4.69, 9.17) is 4.84 Å². The van der Waals surface area contributed by atoms with Gasteiger partial charge in [-0.15, -0.1) is 0 Å². The average Bonchev–Trinajstić information content (AvgIpc) is 3.05. The van der Waals surface area contributed by atoms with E-state index in [-0.39, 0.29) is 11.7 Å². The summed E-state index contributed by atoms with van der Waals surface area (Å²) in [4.78, 5) is 19.6. The summed E-state index contributed by atoms with van der Waals surface area (Å²) in [5, 5.41) is 3.98. The van der Waals surface area contributed by atoms with Crippen molar-refractivity contribution >= 4 is 11.6 Å². The van der Waals surface area contributed by atoms with E-state index in [1.807, 2.05) is 7.05 Å². The minimum atomic E-state index is -0.582. The third-order valence-corrected chi connectivity index (χ3v) is 4.74. The van der Waals surface area contributed by atoms with E-state index < -0.39 is 6.10 Å². The summed E-state index contributed by atoms with van der Waals surface area (Å²) >= 11 is 0. The zero-order valence-corrected chi connectivity index (χ0v) is 13.5. The molecule has 1 saturated carbocycles. The molecule has 1 aromatic rings. The van der Waals surface area contributed by atoms with Crippen LogP contribution in [0, 0.1) is 11.7 Å². The maximum atomic E-state index is 13.3. The van der Waals surface area contributed by atoms with Gasteiger partial charge in [0.15, 0.2) is 0 Å². The number of halogens is 1. The molecule has 23 heavy (non-hydrogen) atoms. The van der Waals surface area contributed by atoms with Gasteiger partial charge < -0.3 is 9.74 Å². The predicted molar refractivity (Wildman–Crippen MR) is 86.6 cm³/mol. The smallest absolute Gasteiger partial charge is 0.266 e. The molecule has 0 bridgehead atoms. The first-order valence-corrected chi connectivity index (χ1v) is 8.37. The molecular formula is C18H23FN2O2. The number of hydrogen-bond donors (Lipinski definition) is 0. The number of carbonyl (C=O) groups excluding carboxylic acids is 1. The molecule has 1 aliphatic heterocycles. The van der Waals surface area contributed by atoms with Crippen LogP contribution in [0.3, 0.4) is 0 Å². The van der Waals surface area contributed by atoms with Crippen LogP contribution in [0.1, 0.15) is 44.1 Å². The molecular weight excluding hydrogens is 295 g/mol. The molecule has 3 rings (SSSR count). The molecule has 1 aliphatic carbocycles. The molecule has 1 atom stereocenters. The molecule has 1 aromatic carbocycles. The van der Waals surface area contributed by atoms with Gasteiger partial charge in [-0.25, -0.2) is 4.39 Å². The second-order valence-electron chi connectivity index (χ2n) is 6.57. The Morgan fingerprint density at radius 2 is 2.13 bits per heavy atom. The molecule has 0 saturated heterocycles. The van der Waals surface area contributed by atoms with Crippen LogP contribution in [0.5, 0.6) is 0 Å². The number of benzene rings is 1. The Labute approximate surface area is 136 Å². The quantitative estimate of drug-likeness (QED) is 0.854. The first-order valence-electron chi connectivity index (χ1n) is 8.37. The van der Waals surface area contributed by atoms with E-state index in [9.17, 15) is 9.18 Å². The largest absolute Gasteiger partial charge is 0.382 e. The third-order valence-electron chi connectivity index (χ3n) is 4.74. The van der Waals surface area contributed by atoms with Crippen molar-refractivity contribution in [2.24, 2.45) is 11.1 Å². The Kier molecular flexibility index (Phi) is 4.94. The van der Waals surface area contributed by atoms with E-state index in [1.165, 1.54) is 44.2 Å². The molecule has 0 radical (unpaired) electrons. The van der Waals surface area contributed by atoms with Gasteiger partial charge in [0.25, 0.3) is 5.91 Å². The van der Waals surface area contributed by atoms with E-state index in [2.05, 4.69) is 5.16 Å². The Morgan fingerprint density at radius 3 is 2.87 bits per heavy atom. The number of amides is 1. The van der Waals surface area contributed by atoms with Gasteiger partial charge in [0.1, 0.15) is 5.82 Å². The molecule has 1 fully saturated rings. The average molecular weight is 318 g/mol. The van der Waals surface area contributed by atoms with Crippen molar-refractivity contribution in [1.29, 1.82) is 0 Å². The van der Waals surface area contributed by atoms with Crippen LogP contribution in [-0.2, 0) is 9.63 Å². The van der Waals surface area contributed by atoms with Crippen molar-refractivity contribution in [3.8, 4) is 0 Å². The number of rotatable bonds is 4. The fourth-order valence-corrected chi connectivity index (χ4v) is 3.44. The van der Waals surface area contributed by atoms with Crippen LogP contribution in [0.25, 0.3) is 0 Å². The molecule has 0 aromatic heterocycles.